The van der Waals surface area contributed by atoms with E-state index in [9.17, 15) is 0 Å². The van der Waals surface area contributed by atoms with Crippen LogP contribution in [0.2, 0.25) is 0 Å². The van der Waals surface area contributed by atoms with Gasteiger partial charge < -0.3 is 15.2 Å². The van der Waals surface area contributed by atoms with Crippen LogP contribution in [0.4, 0.5) is 0 Å². The Morgan fingerprint density at radius 3 is 2.00 bits per heavy atom. The molecule has 0 unspecified atom stereocenters. The molecule has 3 nitrogen and oxygen atoms in total. The lowest BCUT2D eigenvalue weighted by Crippen LogP contribution is -2.43. The third-order valence-electron chi connectivity index (χ3n) is 3.24. The van der Waals surface area contributed by atoms with Crippen molar-refractivity contribution in [2.24, 2.45) is 5.73 Å². The van der Waals surface area contributed by atoms with Crippen LogP contribution in [-0.4, -0.2) is 12.1 Å². The highest BCUT2D eigenvalue weighted by Crippen LogP contribution is 2.27. The van der Waals surface area contributed by atoms with Crippen molar-refractivity contribution >= 4 is 0 Å². The van der Waals surface area contributed by atoms with Gasteiger partial charge in [0.1, 0.15) is 23.4 Å². The summed E-state index contributed by atoms with van der Waals surface area (Å²) in [5.41, 5.74) is 5.73. The minimum Gasteiger partial charge on any atom is -0.490 e. The SMILES string of the molecule is NC1CC(Oc2ccc(Oc3ccccc3)cc2)C1. The van der Waals surface area contributed by atoms with Gasteiger partial charge in [-0.15, -0.1) is 0 Å². The smallest absolute Gasteiger partial charge is 0.127 e. The van der Waals surface area contributed by atoms with Gasteiger partial charge in [-0.25, -0.2) is 0 Å². The molecule has 98 valence electrons. The highest BCUT2D eigenvalue weighted by Gasteiger charge is 2.27. The Labute approximate surface area is 113 Å². The standard InChI is InChI=1S/C16H17NO2/c17-12-10-16(11-12)19-15-8-6-14(7-9-15)18-13-4-2-1-3-5-13/h1-9,12,16H,10-11,17H2. The van der Waals surface area contributed by atoms with Crippen molar-refractivity contribution in [1.82, 2.24) is 0 Å². The summed E-state index contributed by atoms with van der Waals surface area (Å²) in [5, 5.41) is 0. The summed E-state index contributed by atoms with van der Waals surface area (Å²) in [5.74, 6) is 2.52. The zero-order chi connectivity index (χ0) is 13.1. The van der Waals surface area contributed by atoms with Gasteiger partial charge >= 0.3 is 0 Å². The molecule has 3 heteroatoms. The van der Waals surface area contributed by atoms with Crippen molar-refractivity contribution < 1.29 is 9.47 Å². The minimum absolute atomic E-state index is 0.274. The van der Waals surface area contributed by atoms with Crippen LogP contribution in [0, 0.1) is 0 Å². The van der Waals surface area contributed by atoms with Crippen molar-refractivity contribution in [2.75, 3.05) is 0 Å². The third-order valence-corrected chi connectivity index (χ3v) is 3.24. The molecule has 19 heavy (non-hydrogen) atoms. The Balaban J connectivity index is 1.59. The first-order valence-electron chi connectivity index (χ1n) is 6.55. The molecule has 1 aliphatic carbocycles. The molecule has 2 N–H and O–H groups in total. The maximum absolute atomic E-state index is 5.79. The molecule has 0 bridgehead atoms. The van der Waals surface area contributed by atoms with E-state index in [0.717, 1.165) is 30.1 Å². The summed E-state index contributed by atoms with van der Waals surface area (Å²) in [7, 11) is 0. The topological polar surface area (TPSA) is 44.5 Å². The number of para-hydroxylation sites is 1. The molecule has 0 amide bonds. The fraction of sp³-hybridized carbons (Fsp3) is 0.250. The summed E-state index contributed by atoms with van der Waals surface area (Å²) in [6.45, 7) is 0. The fourth-order valence-corrected chi connectivity index (χ4v) is 2.11. The molecule has 0 saturated heterocycles. The number of rotatable bonds is 4. The van der Waals surface area contributed by atoms with Gasteiger partial charge in [0.2, 0.25) is 0 Å². The molecule has 0 heterocycles. The molecule has 3 rings (SSSR count). The molecule has 1 aliphatic rings. The Morgan fingerprint density at radius 1 is 0.789 bits per heavy atom. The van der Waals surface area contributed by atoms with Gasteiger partial charge in [0, 0.05) is 6.04 Å². The van der Waals surface area contributed by atoms with Gasteiger partial charge in [0.25, 0.3) is 0 Å². The van der Waals surface area contributed by atoms with Crippen LogP contribution in [-0.2, 0) is 0 Å². The van der Waals surface area contributed by atoms with Gasteiger partial charge in [-0.05, 0) is 49.2 Å². The third kappa shape index (κ3) is 3.06. The predicted molar refractivity (Wildman–Crippen MR) is 74.6 cm³/mol. The van der Waals surface area contributed by atoms with Crippen LogP contribution in [0.25, 0.3) is 0 Å². The van der Waals surface area contributed by atoms with E-state index in [2.05, 4.69) is 0 Å². The van der Waals surface area contributed by atoms with Crippen LogP contribution in [0.15, 0.2) is 54.6 Å². The first-order valence-corrected chi connectivity index (χ1v) is 6.55. The van der Waals surface area contributed by atoms with Crippen molar-refractivity contribution in [1.29, 1.82) is 0 Å². The monoisotopic (exact) mass is 255 g/mol. The average Bonchev–Trinajstić information content (AvgIpc) is 2.40. The number of nitrogens with two attached hydrogens (primary N) is 1. The highest BCUT2D eigenvalue weighted by atomic mass is 16.5. The van der Waals surface area contributed by atoms with E-state index in [1.165, 1.54) is 0 Å². The Bertz CT molecular complexity index is 518. The Hall–Kier alpha value is -2.00. The maximum atomic E-state index is 5.79. The van der Waals surface area contributed by atoms with E-state index in [4.69, 9.17) is 15.2 Å². The summed E-state index contributed by atoms with van der Waals surface area (Å²) in [4.78, 5) is 0. The minimum atomic E-state index is 0.274. The molecule has 2 aromatic carbocycles. The summed E-state index contributed by atoms with van der Waals surface area (Å²) >= 11 is 0. The predicted octanol–water partition coefficient (Wildman–Crippen LogP) is 3.35. The van der Waals surface area contributed by atoms with Crippen LogP contribution < -0.4 is 15.2 Å². The van der Waals surface area contributed by atoms with Crippen molar-refractivity contribution in [3.8, 4) is 17.2 Å². The lowest BCUT2D eigenvalue weighted by molar-refractivity contribution is 0.101. The number of benzene rings is 2. The molecule has 0 aliphatic heterocycles. The lowest BCUT2D eigenvalue weighted by atomic mass is 9.90. The second kappa shape index (κ2) is 5.33. The molecule has 0 spiro atoms. The summed E-state index contributed by atoms with van der Waals surface area (Å²) in [6, 6.07) is 17.7. The molecule has 2 aromatic rings. The fourth-order valence-electron chi connectivity index (χ4n) is 2.11. The second-order valence-corrected chi connectivity index (χ2v) is 4.86. The maximum Gasteiger partial charge on any atom is 0.127 e. The van der Waals surface area contributed by atoms with Crippen molar-refractivity contribution in [3.05, 3.63) is 54.6 Å². The zero-order valence-electron chi connectivity index (χ0n) is 10.7. The molecule has 0 aromatic heterocycles. The number of hydrogen-bond acceptors (Lipinski definition) is 3. The highest BCUT2D eigenvalue weighted by molar-refractivity contribution is 5.35. The van der Waals surface area contributed by atoms with Crippen LogP contribution >= 0.6 is 0 Å². The molecule has 1 saturated carbocycles. The van der Waals surface area contributed by atoms with E-state index in [1.54, 1.807) is 0 Å². The van der Waals surface area contributed by atoms with E-state index in [-0.39, 0.29) is 6.10 Å². The quantitative estimate of drug-likeness (QED) is 0.911. The largest absolute Gasteiger partial charge is 0.490 e. The normalized spacial score (nSPS) is 21.5. The molecule has 0 atom stereocenters. The molecule has 1 fully saturated rings. The van der Waals surface area contributed by atoms with Gasteiger partial charge in [0.05, 0.1) is 0 Å². The first-order chi connectivity index (χ1) is 9.29. The Morgan fingerprint density at radius 2 is 1.37 bits per heavy atom. The Kier molecular flexibility index (Phi) is 3.38. The number of ether oxygens (including phenoxy) is 2. The zero-order valence-corrected chi connectivity index (χ0v) is 10.7. The van der Waals surface area contributed by atoms with E-state index < -0.39 is 0 Å². The second-order valence-electron chi connectivity index (χ2n) is 4.86. The summed E-state index contributed by atoms with van der Waals surface area (Å²) in [6.07, 6.45) is 2.17. The van der Waals surface area contributed by atoms with Crippen LogP contribution in [0.5, 0.6) is 17.2 Å². The molecular formula is C16H17NO2. The van der Waals surface area contributed by atoms with E-state index >= 15 is 0 Å². The van der Waals surface area contributed by atoms with Crippen LogP contribution in [0.1, 0.15) is 12.8 Å². The average molecular weight is 255 g/mol. The number of hydrogen-bond donors (Lipinski definition) is 1. The summed E-state index contributed by atoms with van der Waals surface area (Å²) < 4.78 is 11.5. The van der Waals surface area contributed by atoms with Crippen molar-refractivity contribution in [3.63, 3.8) is 0 Å². The van der Waals surface area contributed by atoms with Gasteiger partial charge in [0.15, 0.2) is 0 Å². The van der Waals surface area contributed by atoms with Crippen molar-refractivity contribution in [2.45, 2.75) is 25.0 Å². The van der Waals surface area contributed by atoms with Crippen LogP contribution in [0.3, 0.4) is 0 Å². The van der Waals surface area contributed by atoms with Gasteiger partial charge in [-0.1, -0.05) is 18.2 Å². The van der Waals surface area contributed by atoms with E-state index in [1.807, 2.05) is 54.6 Å². The van der Waals surface area contributed by atoms with E-state index in [0.29, 0.717) is 6.04 Å². The van der Waals surface area contributed by atoms with Gasteiger partial charge in [-0.3, -0.25) is 0 Å². The molecule has 0 radical (unpaired) electrons. The molecular weight excluding hydrogens is 238 g/mol. The first kappa shape index (κ1) is 12.1. The van der Waals surface area contributed by atoms with Gasteiger partial charge in [-0.2, -0.15) is 0 Å². The lowest BCUT2D eigenvalue weighted by Gasteiger charge is -2.32.